The molecule has 0 aliphatic heterocycles. The highest BCUT2D eigenvalue weighted by molar-refractivity contribution is 6.20. The topological polar surface area (TPSA) is 120 Å². The fourth-order valence-electron chi connectivity index (χ4n) is 2.93. The average Bonchev–Trinajstić information content (AvgIpc) is 3.13. The van der Waals surface area contributed by atoms with E-state index in [2.05, 4.69) is 15.6 Å². The van der Waals surface area contributed by atoms with E-state index in [1.807, 2.05) is 4.40 Å². The van der Waals surface area contributed by atoms with Gasteiger partial charge in [0.25, 0.3) is 0 Å². The minimum absolute atomic E-state index is 0.0898. The lowest BCUT2D eigenvalue weighted by atomic mass is 10.1. The van der Waals surface area contributed by atoms with Crippen molar-refractivity contribution >= 4 is 28.8 Å². The van der Waals surface area contributed by atoms with Crippen LogP contribution in [0.4, 0.5) is 23.7 Å². The van der Waals surface area contributed by atoms with Crippen molar-refractivity contribution in [3.8, 4) is 11.3 Å². The molecule has 1 aromatic carbocycles. The number of nitrogens with zero attached hydrogens (tertiary/aromatic N) is 2. The molecule has 2 amide bonds. The molecule has 162 valence electrons. The summed E-state index contributed by atoms with van der Waals surface area (Å²) in [6.45, 7) is -1.42. The maximum atomic E-state index is 12.2. The van der Waals surface area contributed by atoms with E-state index < -0.39 is 18.8 Å². The Morgan fingerprint density at radius 2 is 2.06 bits per heavy atom. The number of fused-ring (bicyclic) bond motifs is 1. The molecule has 0 bridgehead atoms. The number of carbonyl (C=O) groups is 1. The summed E-state index contributed by atoms with van der Waals surface area (Å²) in [5, 5.41) is 14.7. The van der Waals surface area contributed by atoms with Gasteiger partial charge in [0.1, 0.15) is 18.0 Å². The van der Waals surface area contributed by atoms with Gasteiger partial charge in [-0.1, -0.05) is 12.1 Å². The first-order valence-corrected chi connectivity index (χ1v) is 9.09. The molecule has 0 unspecified atom stereocenters. The number of hydrogen-bond acceptors (Lipinski definition) is 4. The van der Waals surface area contributed by atoms with Crippen LogP contribution >= 0.6 is 0 Å². The fraction of sp³-hybridized carbons (Fsp3) is 0.150. The van der Waals surface area contributed by atoms with Gasteiger partial charge in [-0.25, -0.2) is 9.78 Å². The number of amides is 2. The van der Waals surface area contributed by atoms with Crippen LogP contribution in [0.15, 0.2) is 55.0 Å². The highest BCUT2D eigenvalue weighted by Crippen LogP contribution is 2.25. The van der Waals surface area contributed by atoms with E-state index in [9.17, 15) is 18.0 Å². The van der Waals surface area contributed by atoms with Gasteiger partial charge in [-0.2, -0.15) is 13.2 Å². The summed E-state index contributed by atoms with van der Waals surface area (Å²) in [5.41, 5.74) is 9.23. The van der Waals surface area contributed by atoms with Crippen molar-refractivity contribution in [2.45, 2.75) is 6.18 Å². The maximum Gasteiger partial charge on any atom is 0.405 e. The van der Waals surface area contributed by atoms with Gasteiger partial charge in [-0.3, -0.25) is 9.81 Å². The lowest BCUT2D eigenvalue weighted by molar-refractivity contribution is -0.122. The van der Waals surface area contributed by atoms with Gasteiger partial charge in [-0.15, -0.1) is 0 Å². The second kappa shape index (κ2) is 8.78. The van der Waals surface area contributed by atoms with Gasteiger partial charge in [0.05, 0.1) is 11.9 Å². The number of pyridine rings is 1. The summed E-state index contributed by atoms with van der Waals surface area (Å²) in [4.78, 5) is 16.1. The number of carbonyl (C=O) groups excluding carboxylic acids is 1. The third-order valence-corrected chi connectivity index (χ3v) is 4.27. The Hall–Kier alpha value is -4.02. The van der Waals surface area contributed by atoms with Gasteiger partial charge in [-0.05, 0) is 29.8 Å². The number of rotatable bonds is 6. The zero-order valence-corrected chi connectivity index (χ0v) is 16.4. The predicted molar refractivity (Wildman–Crippen MR) is 113 cm³/mol. The summed E-state index contributed by atoms with van der Waals surface area (Å²) in [5.74, 6) is -0.0898. The minimum atomic E-state index is -4.49. The molecule has 0 saturated carbocycles. The van der Waals surface area contributed by atoms with E-state index in [0.29, 0.717) is 33.7 Å². The van der Waals surface area contributed by atoms with Crippen molar-refractivity contribution in [3.05, 3.63) is 60.6 Å². The number of amidine groups is 1. The Kier molecular flexibility index (Phi) is 6.14. The maximum absolute atomic E-state index is 12.2. The average molecular weight is 431 g/mol. The smallest absolute Gasteiger partial charge is 0.393 e. The van der Waals surface area contributed by atoms with Gasteiger partial charge >= 0.3 is 12.2 Å². The van der Waals surface area contributed by atoms with Crippen LogP contribution < -0.4 is 21.7 Å². The van der Waals surface area contributed by atoms with Crippen LogP contribution in [0.2, 0.25) is 0 Å². The van der Waals surface area contributed by atoms with E-state index in [1.165, 1.54) is 0 Å². The molecule has 0 aliphatic carbocycles. The second-order valence-corrected chi connectivity index (χ2v) is 6.55. The Morgan fingerprint density at radius 3 is 2.74 bits per heavy atom. The molecule has 11 heteroatoms. The molecular weight excluding hydrogens is 411 g/mol. The van der Waals surface area contributed by atoms with Gasteiger partial charge < -0.3 is 21.7 Å². The molecule has 3 aromatic rings. The van der Waals surface area contributed by atoms with Gasteiger partial charge in [0.2, 0.25) is 0 Å². The second-order valence-electron chi connectivity index (χ2n) is 6.55. The first-order valence-electron chi connectivity index (χ1n) is 9.09. The van der Waals surface area contributed by atoms with Crippen LogP contribution in [-0.2, 0) is 0 Å². The van der Waals surface area contributed by atoms with Crippen molar-refractivity contribution in [2.24, 2.45) is 5.73 Å². The van der Waals surface area contributed by atoms with Gasteiger partial charge in [0, 0.05) is 36.3 Å². The zero-order chi connectivity index (χ0) is 22.6. The number of hydrogen-bond donors (Lipinski definition) is 5. The molecule has 2 heterocycles. The number of aromatic nitrogens is 2. The number of alkyl halides is 3. The van der Waals surface area contributed by atoms with Crippen molar-refractivity contribution in [1.82, 2.24) is 20.0 Å². The van der Waals surface area contributed by atoms with E-state index in [1.54, 1.807) is 67.4 Å². The summed E-state index contributed by atoms with van der Waals surface area (Å²) in [7, 11) is 1.71. The van der Waals surface area contributed by atoms with Crippen molar-refractivity contribution in [2.75, 3.05) is 18.9 Å². The van der Waals surface area contributed by atoms with Crippen LogP contribution in [0.3, 0.4) is 0 Å². The molecule has 0 aliphatic rings. The minimum Gasteiger partial charge on any atom is -0.393 e. The lowest BCUT2D eigenvalue weighted by Gasteiger charge is -2.11. The highest BCUT2D eigenvalue weighted by Gasteiger charge is 2.27. The number of imidazole rings is 1. The number of nitrogens with one attached hydrogen (secondary N) is 4. The molecule has 6 N–H and O–H groups in total. The third kappa shape index (κ3) is 5.32. The molecular formula is C20H20F3N7O. The van der Waals surface area contributed by atoms with Crippen molar-refractivity contribution in [3.63, 3.8) is 0 Å². The first-order chi connectivity index (χ1) is 14.7. The van der Waals surface area contributed by atoms with Crippen LogP contribution in [0.5, 0.6) is 0 Å². The van der Waals surface area contributed by atoms with E-state index in [-0.39, 0.29) is 5.84 Å². The Bertz CT molecular complexity index is 1150. The first kappa shape index (κ1) is 21.7. The van der Waals surface area contributed by atoms with Crippen LogP contribution in [-0.4, -0.2) is 41.0 Å². The third-order valence-electron chi connectivity index (χ3n) is 4.27. The van der Waals surface area contributed by atoms with Crippen LogP contribution in [0, 0.1) is 5.41 Å². The van der Waals surface area contributed by atoms with E-state index in [0.717, 1.165) is 0 Å². The normalized spacial score (nSPS) is 11.9. The Balaban J connectivity index is 1.86. The number of anilines is 1. The van der Waals surface area contributed by atoms with Crippen molar-refractivity contribution in [1.29, 1.82) is 5.41 Å². The SMILES string of the molecule is CN/C=C(\C(=N)N)c1ccn2c(-c3cccc(NC(=O)NCC(F)(F)F)c3)cnc2c1. The molecule has 3 rings (SSSR count). The number of nitrogens with two attached hydrogens (primary N) is 1. The Labute approximate surface area is 175 Å². The zero-order valence-electron chi connectivity index (χ0n) is 16.4. The molecule has 0 saturated heterocycles. The summed E-state index contributed by atoms with van der Waals surface area (Å²) >= 11 is 0. The predicted octanol–water partition coefficient (Wildman–Crippen LogP) is 3.18. The van der Waals surface area contributed by atoms with Crippen molar-refractivity contribution < 1.29 is 18.0 Å². The standard InChI is InChI=1S/C20H20F3N7O/c1-26-9-15(18(24)25)12-5-6-30-16(10-27-17(30)8-12)13-3-2-4-14(7-13)29-19(31)28-11-20(21,22)23/h2-10,26H,11H2,1H3,(H3,24,25)(H2,28,29,31)/b15-9-. The monoisotopic (exact) mass is 431 g/mol. The fourth-order valence-corrected chi connectivity index (χ4v) is 2.93. The largest absolute Gasteiger partial charge is 0.405 e. The molecule has 0 spiro atoms. The lowest BCUT2D eigenvalue weighted by Crippen LogP contribution is -2.36. The number of benzene rings is 1. The highest BCUT2D eigenvalue weighted by atomic mass is 19.4. The molecule has 0 radical (unpaired) electrons. The number of urea groups is 1. The molecule has 31 heavy (non-hydrogen) atoms. The van der Waals surface area contributed by atoms with Gasteiger partial charge in [0.15, 0.2) is 0 Å². The Morgan fingerprint density at radius 1 is 1.29 bits per heavy atom. The molecule has 2 aromatic heterocycles. The summed E-state index contributed by atoms with van der Waals surface area (Å²) < 4.78 is 38.5. The number of halogens is 3. The molecule has 8 nitrogen and oxygen atoms in total. The van der Waals surface area contributed by atoms with E-state index in [4.69, 9.17) is 11.1 Å². The molecule has 0 atom stereocenters. The summed E-state index contributed by atoms with van der Waals surface area (Å²) in [6.07, 6.45) is 0.545. The molecule has 0 fully saturated rings. The van der Waals surface area contributed by atoms with Crippen LogP contribution in [0.25, 0.3) is 22.5 Å². The quantitative estimate of drug-likeness (QED) is 0.304. The van der Waals surface area contributed by atoms with E-state index >= 15 is 0 Å². The summed E-state index contributed by atoms with van der Waals surface area (Å²) in [6, 6.07) is 9.28. The van der Waals surface area contributed by atoms with Crippen LogP contribution in [0.1, 0.15) is 5.56 Å².